The molecule has 0 aliphatic carbocycles. The number of carbonyl (C=O) groups excluding carboxylic acids is 1. The number of rotatable bonds is 7. The molecule has 7 nitrogen and oxygen atoms in total. The number of sulfonamides is 1. The highest BCUT2D eigenvalue weighted by Crippen LogP contribution is 2.32. The Morgan fingerprint density at radius 1 is 1.28 bits per heavy atom. The zero-order valence-electron chi connectivity index (χ0n) is 15.7. The molecule has 3 aromatic rings. The molecular weight excluding hydrogens is 428 g/mol. The van der Waals surface area contributed by atoms with Gasteiger partial charge in [0.25, 0.3) is 5.91 Å². The lowest BCUT2D eigenvalue weighted by atomic mass is 10.2. The van der Waals surface area contributed by atoms with Crippen molar-refractivity contribution in [1.82, 2.24) is 9.71 Å². The van der Waals surface area contributed by atoms with Crippen LogP contribution >= 0.6 is 22.7 Å². The molecule has 0 unspecified atom stereocenters. The standard InChI is InChI=1S/C19H18N4O3S3/c1-12-9-16(13(2)28-12)17-11-27-19(22-17)23-18(24)14-5-3-6-15(10-14)29(25,26)21-8-4-7-20/h3,5-6,9-11,21H,4,8H2,1-2H3,(H,22,23,24). The summed E-state index contributed by atoms with van der Waals surface area (Å²) in [5.74, 6) is -0.446. The Bertz CT molecular complexity index is 1190. The fourth-order valence-corrected chi connectivity index (χ4v) is 5.35. The maximum Gasteiger partial charge on any atom is 0.257 e. The third-order valence-electron chi connectivity index (χ3n) is 3.98. The highest BCUT2D eigenvalue weighted by molar-refractivity contribution is 7.89. The second kappa shape index (κ2) is 8.84. The Morgan fingerprint density at radius 2 is 2.07 bits per heavy atom. The van der Waals surface area contributed by atoms with Gasteiger partial charge in [-0.2, -0.15) is 5.26 Å². The van der Waals surface area contributed by atoms with Crippen LogP contribution in [-0.4, -0.2) is 25.9 Å². The van der Waals surface area contributed by atoms with Crippen LogP contribution in [-0.2, 0) is 10.0 Å². The third-order valence-corrected chi connectivity index (χ3v) is 7.16. The Hall–Kier alpha value is -2.58. The number of benzene rings is 1. The zero-order chi connectivity index (χ0) is 21.0. The Labute approximate surface area is 177 Å². The number of thiazole rings is 1. The monoisotopic (exact) mass is 446 g/mol. The van der Waals surface area contributed by atoms with Crippen LogP contribution in [0.5, 0.6) is 0 Å². The summed E-state index contributed by atoms with van der Waals surface area (Å²) < 4.78 is 26.9. The number of aromatic nitrogens is 1. The SMILES string of the molecule is Cc1cc(-c2csc(NC(=O)c3cccc(S(=O)(=O)NCCC#N)c3)n2)c(C)s1. The summed E-state index contributed by atoms with van der Waals surface area (Å²) in [5.41, 5.74) is 2.04. The number of amides is 1. The summed E-state index contributed by atoms with van der Waals surface area (Å²) in [4.78, 5) is 19.4. The molecule has 3 rings (SSSR count). The van der Waals surface area contributed by atoms with Crippen LogP contribution in [0.15, 0.2) is 40.6 Å². The number of carbonyl (C=O) groups is 1. The lowest BCUT2D eigenvalue weighted by Gasteiger charge is -2.07. The molecular formula is C19H18N4O3S3. The number of aryl methyl sites for hydroxylation is 2. The van der Waals surface area contributed by atoms with Crippen LogP contribution in [0.3, 0.4) is 0 Å². The molecule has 1 aromatic carbocycles. The molecule has 0 aliphatic rings. The predicted octanol–water partition coefficient (Wildman–Crippen LogP) is 3.93. The van der Waals surface area contributed by atoms with Crippen molar-refractivity contribution >= 4 is 43.7 Å². The Balaban J connectivity index is 1.75. The summed E-state index contributed by atoms with van der Waals surface area (Å²) >= 11 is 3.00. The van der Waals surface area contributed by atoms with E-state index in [2.05, 4.69) is 21.1 Å². The van der Waals surface area contributed by atoms with Crippen molar-refractivity contribution in [2.75, 3.05) is 11.9 Å². The van der Waals surface area contributed by atoms with Crippen molar-refractivity contribution in [3.8, 4) is 17.3 Å². The molecule has 29 heavy (non-hydrogen) atoms. The van der Waals surface area contributed by atoms with Crippen molar-refractivity contribution in [1.29, 1.82) is 5.26 Å². The molecule has 0 fully saturated rings. The van der Waals surface area contributed by atoms with Crippen molar-refractivity contribution in [2.24, 2.45) is 0 Å². The maximum absolute atomic E-state index is 12.6. The summed E-state index contributed by atoms with van der Waals surface area (Å²) in [7, 11) is -3.79. The van der Waals surface area contributed by atoms with Gasteiger partial charge < -0.3 is 0 Å². The number of nitrogens with one attached hydrogen (secondary N) is 2. The number of hydrogen-bond acceptors (Lipinski definition) is 7. The van der Waals surface area contributed by atoms with Gasteiger partial charge in [0.05, 0.1) is 16.7 Å². The molecule has 0 radical (unpaired) electrons. The van der Waals surface area contributed by atoms with Crippen molar-refractivity contribution in [2.45, 2.75) is 25.2 Å². The molecule has 0 saturated heterocycles. The van der Waals surface area contributed by atoms with E-state index >= 15 is 0 Å². The second-order valence-electron chi connectivity index (χ2n) is 6.15. The van der Waals surface area contributed by atoms with E-state index in [-0.39, 0.29) is 23.4 Å². The maximum atomic E-state index is 12.6. The number of nitrogens with zero attached hydrogens (tertiary/aromatic N) is 2. The van der Waals surface area contributed by atoms with Gasteiger partial charge in [0.2, 0.25) is 10.0 Å². The molecule has 2 N–H and O–H groups in total. The number of nitriles is 1. The molecule has 0 spiro atoms. The first-order chi connectivity index (χ1) is 13.8. The fourth-order valence-electron chi connectivity index (χ4n) is 2.64. The summed E-state index contributed by atoms with van der Waals surface area (Å²) in [6, 6.07) is 9.66. The van der Waals surface area contributed by atoms with Gasteiger partial charge in [-0.3, -0.25) is 10.1 Å². The minimum Gasteiger partial charge on any atom is -0.298 e. The van der Waals surface area contributed by atoms with E-state index in [9.17, 15) is 13.2 Å². The fraction of sp³-hybridized carbons (Fsp3) is 0.211. The third kappa shape index (κ3) is 5.07. The smallest absolute Gasteiger partial charge is 0.257 e. The molecule has 0 atom stereocenters. The first-order valence-electron chi connectivity index (χ1n) is 8.61. The minimum absolute atomic E-state index is 0.0125. The first-order valence-corrected chi connectivity index (χ1v) is 11.8. The van der Waals surface area contributed by atoms with Gasteiger partial charge in [-0.05, 0) is 38.1 Å². The van der Waals surface area contributed by atoms with Gasteiger partial charge in [0.15, 0.2) is 5.13 Å². The van der Waals surface area contributed by atoms with Gasteiger partial charge in [0, 0.05) is 39.2 Å². The van der Waals surface area contributed by atoms with E-state index < -0.39 is 15.9 Å². The summed E-state index contributed by atoms with van der Waals surface area (Å²) in [5, 5.41) is 13.6. The van der Waals surface area contributed by atoms with Crippen molar-refractivity contribution < 1.29 is 13.2 Å². The summed E-state index contributed by atoms with van der Waals surface area (Å²) in [6.07, 6.45) is 0.0644. The largest absolute Gasteiger partial charge is 0.298 e. The van der Waals surface area contributed by atoms with Gasteiger partial charge >= 0.3 is 0 Å². The van der Waals surface area contributed by atoms with Crippen molar-refractivity contribution in [3.63, 3.8) is 0 Å². The van der Waals surface area contributed by atoms with E-state index in [0.29, 0.717) is 5.13 Å². The average molecular weight is 447 g/mol. The Kier molecular flexibility index (Phi) is 6.44. The van der Waals surface area contributed by atoms with Crippen LogP contribution in [0, 0.1) is 25.2 Å². The van der Waals surface area contributed by atoms with Crippen LogP contribution in [0.4, 0.5) is 5.13 Å². The zero-order valence-corrected chi connectivity index (χ0v) is 18.2. The Morgan fingerprint density at radius 3 is 2.76 bits per heavy atom. The molecule has 10 heteroatoms. The van der Waals surface area contributed by atoms with E-state index in [4.69, 9.17) is 5.26 Å². The van der Waals surface area contributed by atoms with E-state index in [0.717, 1.165) is 16.1 Å². The van der Waals surface area contributed by atoms with E-state index in [1.54, 1.807) is 11.3 Å². The summed E-state index contributed by atoms with van der Waals surface area (Å²) in [6.45, 7) is 4.08. The van der Waals surface area contributed by atoms with Crippen molar-refractivity contribution in [3.05, 3.63) is 51.0 Å². The van der Waals surface area contributed by atoms with Crippen LogP contribution in [0.1, 0.15) is 26.5 Å². The lowest BCUT2D eigenvalue weighted by molar-refractivity contribution is 0.102. The molecule has 0 aliphatic heterocycles. The molecule has 2 heterocycles. The van der Waals surface area contributed by atoms with E-state index in [1.165, 1.54) is 40.5 Å². The topological polar surface area (TPSA) is 112 Å². The van der Waals surface area contributed by atoms with Crippen LogP contribution in [0.25, 0.3) is 11.3 Å². The van der Waals surface area contributed by atoms with Gasteiger partial charge in [0.1, 0.15) is 0 Å². The molecule has 0 bridgehead atoms. The molecule has 2 aromatic heterocycles. The minimum atomic E-state index is -3.79. The number of hydrogen-bond donors (Lipinski definition) is 2. The highest BCUT2D eigenvalue weighted by atomic mass is 32.2. The van der Waals surface area contributed by atoms with E-state index in [1.807, 2.05) is 25.3 Å². The highest BCUT2D eigenvalue weighted by Gasteiger charge is 2.17. The van der Waals surface area contributed by atoms with Crippen LogP contribution in [0.2, 0.25) is 0 Å². The molecule has 0 saturated carbocycles. The average Bonchev–Trinajstić information content (AvgIpc) is 3.27. The number of thiophene rings is 1. The van der Waals surface area contributed by atoms with Gasteiger partial charge in [-0.1, -0.05) is 6.07 Å². The first kappa shape index (κ1) is 21.1. The second-order valence-corrected chi connectivity index (χ2v) is 10.2. The number of anilines is 1. The normalized spacial score (nSPS) is 11.2. The van der Waals surface area contributed by atoms with Gasteiger partial charge in [-0.25, -0.2) is 18.1 Å². The predicted molar refractivity (Wildman–Crippen MR) is 115 cm³/mol. The van der Waals surface area contributed by atoms with Crippen LogP contribution < -0.4 is 10.0 Å². The molecule has 150 valence electrons. The van der Waals surface area contributed by atoms with Gasteiger partial charge in [-0.15, -0.1) is 22.7 Å². The lowest BCUT2D eigenvalue weighted by Crippen LogP contribution is -2.25. The quantitative estimate of drug-likeness (QED) is 0.534. The molecule has 1 amide bonds.